The molecule has 3 aromatic rings. The highest BCUT2D eigenvalue weighted by atomic mass is 35.5. The van der Waals surface area contributed by atoms with Crippen molar-refractivity contribution in [3.05, 3.63) is 43.8 Å². The van der Waals surface area contributed by atoms with E-state index in [9.17, 15) is 36.2 Å². The van der Waals surface area contributed by atoms with Gasteiger partial charge in [0.05, 0.1) is 65.3 Å². The number of benzene rings is 1. The highest BCUT2D eigenvalue weighted by molar-refractivity contribution is 7.94. The normalized spacial score (nSPS) is 12.2. The van der Waals surface area contributed by atoms with Crippen LogP contribution in [-0.4, -0.2) is 104 Å². The molecular weight excluding hydrogens is 834 g/mol. The highest BCUT2D eigenvalue weighted by Crippen LogP contribution is 2.31. The number of rotatable bonds is 12. The molecule has 298 valence electrons. The van der Waals surface area contributed by atoms with Crippen molar-refractivity contribution < 1.29 is 41.5 Å². The molecule has 19 nitrogen and oxygen atoms in total. The summed E-state index contributed by atoms with van der Waals surface area (Å²) >= 11 is 17.6. The number of carbonyl (C=O) groups is 1. The zero-order chi connectivity index (χ0) is 41.5. The van der Waals surface area contributed by atoms with Crippen LogP contribution in [0.2, 0.25) is 15.3 Å². The highest BCUT2D eigenvalue weighted by Gasteiger charge is 2.21. The van der Waals surface area contributed by atoms with Crippen molar-refractivity contribution in [1.82, 2.24) is 34.6 Å². The molecule has 3 rings (SSSR count). The van der Waals surface area contributed by atoms with Gasteiger partial charge in [0.1, 0.15) is 19.0 Å². The number of sulfonamides is 1. The van der Waals surface area contributed by atoms with E-state index in [-0.39, 0.29) is 43.0 Å². The van der Waals surface area contributed by atoms with Crippen molar-refractivity contribution in [2.45, 2.75) is 39.8 Å². The maximum Gasteiger partial charge on any atom is 0.355 e. The number of aliphatic carboxylic acids is 1. The first-order chi connectivity index (χ1) is 24.1. The Morgan fingerprint density at radius 1 is 1.15 bits per heavy atom. The summed E-state index contributed by atoms with van der Waals surface area (Å²) in [6.45, 7) is 3.72. The summed E-state index contributed by atoms with van der Waals surface area (Å²) in [5.41, 5.74) is -2.03. The Morgan fingerprint density at radius 2 is 1.70 bits per heavy atom. The minimum Gasteiger partial charge on any atom is -0.778 e. The summed E-state index contributed by atoms with van der Waals surface area (Å²) in [6.07, 6.45) is 6.78. The van der Waals surface area contributed by atoms with Gasteiger partial charge in [-0.3, -0.25) is 14.8 Å². The number of anilines is 3. The second kappa shape index (κ2) is 22.1. The quantitative estimate of drug-likeness (QED) is 0.113. The Hall–Kier alpha value is -3.33. The molecule has 1 aromatic carbocycles. The lowest BCUT2D eigenvalue weighted by Gasteiger charge is -2.17. The Morgan fingerprint density at radius 3 is 2.13 bits per heavy atom. The zero-order valence-corrected chi connectivity index (χ0v) is 34.3. The van der Waals surface area contributed by atoms with Crippen LogP contribution in [-0.2, 0) is 30.3 Å². The number of nitriles is 1. The molecule has 0 aliphatic rings. The molecule has 0 aliphatic heterocycles. The summed E-state index contributed by atoms with van der Waals surface area (Å²) < 4.78 is 61.2. The van der Waals surface area contributed by atoms with Gasteiger partial charge in [-0.1, -0.05) is 23.2 Å². The lowest BCUT2D eigenvalue weighted by atomic mass is 10.1. The van der Waals surface area contributed by atoms with Crippen LogP contribution in [0.4, 0.5) is 26.4 Å². The van der Waals surface area contributed by atoms with Gasteiger partial charge in [0.15, 0.2) is 0 Å². The van der Waals surface area contributed by atoms with Crippen molar-refractivity contribution in [2.24, 2.45) is 0 Å². The number of halogens is 5. The first-order valence-electron chi connectivity index (χ1n) is 14.4. The number of alkyl halides is 2. The fourth-order valence-electron chi connectivity index (χ4n) is 3.09. The fraction of sp³-hybridized carbons (Fsp3) is 0.500. The van der Waals surface area contributed by atoms with Crippen LogP contribution >= 0.6 is 42.4 Å². The van der Waals surface area contributed by atoms with Crippen LogP contribution in [0.5, 0.6) is 0 Å². The van der Waals surface area contributed by atoms with Crippen molar-refractivity contribution in [3.63, 3.8) is 0 Å². The predicted molar refractivity (Wildman–Crippen MR) is 200 cm³/mol. The van der Waals surface area contributed by atoms with Crippen LogP contribution in [0.15, 0.2) is 16.9 Å². The van der Waals surface area contributed by atoms with Gasteiger partial charge >= 0.3 is 18.2 Å². The Kier molecular flexibility index (Phi) is 20.8. The van der Waals surface area contributed by atoms with Gasteiger partial charge in [-0.2, -0.15) is 33.7 Å². The van der Waals surface area contributed by atoms with E-state index in [1.807, 2.05) is 12.2 Å². The van der Waals surface area contributed by atoms with Crippen molar-refractivity contribution in [2.75, 3.05) is 59.8 Å². The standard InChI is InChI=1S/C11H10Cl2F2N4O3S.C9H13ClN6.C3H8NO5P.C3H9S/c1-5-16-19(11(20)18(5)10(14)15)9-4-8(17-23(2,21)22)6(12)3-7(9)13;1-4-12-7-13-6(10)14-8(15-7)16-9(2,3)5-11;5-3(6)1-4-2-10(7,8)9;1-4(2)3/h3-4,10,17H,1-2H3;4H2,1-3H3,(H2,12,13,14,15,16);4H,1-2H2,(H,5,6)(H2,7,8,9);1-3H3/q;;;+1/p-1. The lowest BCUT2D eigenvalue weighted by Crippen LogP contribution is -2.29. The van der Waals surface area contributed by atoms with Crippen LogP contribution in [0.1, 0.15) is 33.1 Å². The van der Waals surface area contributed by atoms with Gasteiger partial charge in [-0.05, 0) is 62.3 Å². The molecule has 27 heteroatoms. The summed E-state index contributed by atoms with van der Waals surface area (Å²) in [6, 6.07) is 4.40. The third-order valence-electron chi connectivity index (χ3n) is 4.97. The number of carboxylic acids is 1. The van der Waals surface area contributed by atoms with Crippen LogP contribution in [0, 0.1) is 18.3 Å². The number of hydrogen-bond donors (Lipinski definition) is 6. The monoisotopic (exact) mass is 871 g/mol. The average molecular weight is 873 g/mol. The molecule has 0 spiro atoms. The largest absolute Gasteiger partial charge is 0.778 e. The first kappa shape index (κ1) is 49.7. The molecule has 6 N–H and O–H groups in total. The molecule has 0 aliphatic carbocycles. The Bertz CT molecular complexity index is 1940. The second-order valence-corrected chi connectivity index (χ2v) is 18.0. The molecule has 1 unspecified atom stereocenters. The number of nitrogens with zero attached hydrogens (tertiary/aromatic N) is 7. The molecule has 0 saturated heterocycles. The summed E-state index contributed by atoms with van der Waals surface area (Å²) in [5.74, 6) is -0.733. The minimum atomic E-state index is -4.35. The average Bonchev–Trinajstić information content (AvgIpc) is 3.26. The predicted octanol–water partition coefficient (Wildman–Crippen LogP) is 2.74. The van der Waals surface area contributed by atoms with Gasteiger partial charge in [-0.25, -0.2) is 17.8 Å². The minimum absolute atomic E-state index is 0.0257. The molecule has 0 amide bonds. The Balaban J connectivity index is 0.000000782. The van der Waals surface area contributed by atoms with Gasteiger partial charge in [0, 0.05) is 6.54 Å². The summed E-state index contributed by atoms with van der Waals surface area (Å²) in [4.78, 5) is 51.6. The maximum atomic E-state index is 12.8. The van der Waals surface area contributed by atoms with E-state index in [2.05, 4.69) is 60.2 Å². The number of aryl methyl sites for hydroxylation is 1. The van der Waals surface area contributed by atoms with Crippen molar-refractivity contribution in [3.8, 4) is 11.8 Å². The van der Waals surface area contributed by atoms with E-state index in [1.165, 1.54) is 13.0 Å². The summed E-state index contributed by atoms with van der Waals surface area (Å²) in [7, 11) is -7.36. The molecule has 1 atom stereocenters. The van der Waals surface area contributed by atoms with E-state index in [0.717, 1.165) is 12.3 Å². The van der Waals surface area contributed by atoms with Gasteiger partial charge in [0.25, 0.3) is 0 Å². The van der Waals surface area contributed by atoms with Gasteiger partial charge in [0.2, 0.25) is 27.2 Å². The van der Waals surface area contributed by atoms with Crippen LogP contribution < -0.4 is 31.3 Å². The van der Waals surface area contributed by atoms with E-state index in [4.69, 9.17) is 50.1 Å². The van der Waals surface area contributed by atoms with Crippen LogP contribution in [0.3, 0.4) is 0 Å². The van der Waals surface area contributed by atoms with E-state index in [1.54, 1.807) is 13.8 Å². The van der Waals surface area contributed by atoms with Crippen molar-refractivity contribution >= 4 is 86.9 Å². The topological polar surface area (TPSA) is 282 Å². The second-order valence-electron chi connectivity index (χ2n) is 11.0. The SMILES string of the molecule is CCNc1nc(Cl)nc(NC(C)(C)C#N)n1.C[S+](C)C.Cc1nn(-c2cc(NS(C)(=O)=O)c(Cl)cc2Cl)c(=O)n1C(F)F.O=C(O)CNCP(=O)([O-])O. The van der Waals surface area contributed by atoms with E-state index in [0.29, 0.717) is 28.1 Å². The molecule has 0 radical (unpaired) electrons. The molecule has 0 bridgehead atoms. The fourth-order valence-corrected chi connectivity index (χ4v) is 4.78. The third-order valence-corrected chi connectivity index (χ3v) is 6.97. The van der Waals surface area contributed by atoms with Gasteiger partial charge < -0.3 is 30.1 Å². The number of carboxylic acid groups (broad SMARTS) is 1. The van der Waals surface area contributed by atoms with E-state index >= 15 is 0 Å². The van der Waals surface area contributed by atoms with Crippen LogP contribution in [0.25, 0.3) is 5.69 Å². The van der Waals surface area contributed by atoms with Crippen molar-refractivity contribution in [1.29, 1.82) is 5.26 Å². The Labute approximate surface area is 322 Å². The number of nitrogens with one attached hydrogen (secondary N) is 4. The smallest absolute Gasteiger partial charge is 0.355 e. The molecule has 0 fully saturated rings. The molecule has 0 saturated carbocycles. The molecule has 2 aromatic heterocycles. The lowest BCUT2D eigenvalue weighted by molar-refractivity contribution is -0.193. The number of aromatic nitrogens is 6. The zero-order valence-electron chi connectivity index (χ0n) is 29.5. The summed E-state index contributed by atoms with van der Waals surface area (Å²) in [5, 5.41) is 28.3. The molecular formula is C26H39Cl3F2N11O8PS2. The van der Waals surface area contributed by atoms with E-state index < -0.39 is 54.2 Å². The number of hydrogen-bond acceptors (Lipinski definition) is 14. The maximum absolute atomic E-state index is 12.8. The van der Waals surface area contributed by atoms with Gasteiger partial charge in [-0.15, -0.1) is 5.10 Å². The first-order valence-corrected chi connectivity index (χ1v) is 21.6. The molecule has 53 heavy (non-hydrogen) atoms. The third kappa shape index (κ3) is 20.6. The molecule has 2 heterocycles.